The highest BCUT2D eigenvalue weighted by Gasteiger charge is 2.46. The summed E-state index contributed by atoms with van der Waals surface area (Å²) in [6.45, 7) is 6.56. The average molecular weight is 453 g/mol. The van der Waals surface area contributed by atoms with Crippen molar-refractivity contribution in [1.82, 2.24) is 10.2 Å². The Balaban J connectivity index is 1.79. The van der Waals surface area contributed by atoms with Crippen molar-refractivity contribution in [2.45, 2.75) is 38.6 Å². The third-order valence-electron chi connectivity index (χ3n) is 6.29. The van der Waals surface area contributed by atoms with Gasteiger partial charge in [0.25, 0.3) is 5.91 Å². The predicted octanol–water partition coefficient (Wildman–Crippen LogP) is 3.47. The second kappa shape index (κ2) is 10.3. The third kappa shape index (κ3) is 4.42. The topological polar surface area (TPSA) is 77.1 Å². The molecule has 2 aromatic carbocycles. The number of rotatable bonds is 9. The maximum atomic E-state index is 13.5. The average Bonchev–Trinajstić information content (AvgIpc) is 2.82. The van der Waals surface area contributed by atoms with Crippen LogP contribution in [0.4, 0.5) is 0 Å². The zero-order valence-electron chi connectivity index (χ0n) is 19.6. The lowest BCUT2D eigenvalue weighted by Gasteiger charge is -2.45. The van der Waals surface area contributed by atoms with E-state index < -0.39 is 12.0 Å². The van der Waals surface area contributed by atoms with Gasteiger partial charge in [0.2, 0.25) is 5.91 Å². The summed E-state index contributed by atoms with van der Waals surface area (Å²) in [6, 6.07) is 11.0. The number of hydrogen-bond donors (Lipinski definition) is 1. The Morgan fingerprint density at radius 1 is 1.09 bits per heavy atom. The van der Waals surface area contributed by atoms with Crippen molar-refractivity contribution in [3.8, 4) is 11.5 Å². The standard InChI is InChI=1S/C26H32N2O5/c1-4-32-21-15-17-11-13-28-24(20(17)16-22(21)33-5-2)23(25(29)27-12-8-14-31-3)18-9-6-7-10-19(18)26(28)30/h6-7,9-10,15-16,23-24H,4-5,8,11-14H2,1-3H3,(H,27,29)/t23-,24+/m1/s1. The quantitative estimate of drug-likeness (QED) is 0.590. The van der Waals surface area contributed by atoms with Crippen LogP contribution >= 0.6 is 0 Å². The summed E-state index contributed by atoms with van der Waals surface area (Å²) in [5.41, 5.74) is 3.42. The predicted molar refractivity (Wildman–Crippen MR) is 125 cm³/mol. The van der Waals surface area contributed by atoms with E-state index in [-0.39, 0.29) is 11.8 Å². The lowest BCUT2D eigenvalue weighted by Crippen LogP contribution is -2.50. The zero-order chi connectivity index (χ0) is 23.4. The Kier molecular flexibility index (Phi) is 7.18. The molecule has 2 atom stereocenters. The second-order valence-electron chi connectivity index (χ2n) is 8.26. The van der Waals surface area contributed by atoms with Crippen LogP contribution in [0.5, 0.6) is 11.5 Å². The lowest BCUT2D eigenvalue weighted by molar-refractivity contribution is -0.124. The van der Waals surface area contributed by atoms with E-state index in [1.807, 2.05) is 55.1 Å². The molecule has 0 bridgehead atoms. The maximum absolute atomic E-state index is 13.5. The number of benzene rings is 2. The zero-order valence-corrected chi connectivity index (χ0v) is 19.6. The SMILES string of the molecule is CCOc1cc2c(cc1OCC)[C@H]1[C@H](C(=O)NCCCOC)c3ccccc3C(=O)N1CC2. The van der Waals surface area contributed by atoms with Gasteiger partial charge in [-0.1, -0.05) is 18.2 Å². The first-order valence-corrected chi connectivity index (χ1v) is 11.7. The summed E-state index contributed by atoms with van der Waals surface area (Å²) in [5, 5.41) is 3.07. The molecule has 2 heterocycles. The second-order valence-corrected chi connectivity index (χ2v) is 8.26. The molecule has 7 nitrogen and oxygen atoms in total. The van der Waals surface area contributed by atoms with E-state index in [1.54, 1.807) is 7.11 Å². The molecule has 0 fully saturated rings. The first kappa shape index (κ1) is 23.1. The van der Waals surface area contributed by atoms with Crippen LogP contribution in [0, 0.1) is 0 Å². The Bertz CT molecular complexity index is 1020. The van der Waals surface area contributed by atoms with Gasteiger partial charge in [-0.3, -0.25) is 9.59 Å². The first-order valence-electron chi connectivity index (χ1n) is 11.7. The minimum absolute atomic E-state index is 0.0310. The van der Waals surface area contributed by atoms with Crippen molar-refractivity contribution in [2.75, 3.05) is 40.0 Å². The summed E-state index contributed by atoms with van der Waals surface area (Å²) in [5.74, 6) is 0.727. The van der Waals surface area contributed by atoms with Crippen LogP contribution in [0.1, 0.15) is 59.3 Å². The van der Waals surface area contributed by atoms with Crippen LogP contribution in [0.2, 0.25) is 0 Å². The van der Waals surface area contributed by atoms with E-state index in [1.165, 1.54) is 0 Å². The van der Waals surface area contributed by atoms with Crippen LogP contribution in [-0.4, -0.2) is 56.7 Å². The normalized spacial score (nSPS) is 18.8. The molecular weight excluding hydrogens is 420 g/mol. The maximum Gasteiger partial charge on any atom is 0.254 e. The van der Waals surface area contributed by atoms with Crippen molar-refractivity contribution < 1.29 is 23.8 Å². The summed E-state index contributed by atoms with van der Waals surface area (Å²) in [6.07, 6.45) is 1.43. The van der Waals surface area contributed by atoms with Gasteiger partial charge in [-0.05, 0) is 61.6 Å². The van der Waals surface area contributed by atoms with E-state index in [4.69, 9.17) is 14.2 Å². The fourth-order valence-electron chi connectivity index (χ4n) is 4.89. The Hall–Kier alpha value is -3.06. The van der Waals surface area contributed by atoms with Gasteiger partial charge in [0.1, 0.15) is 0 Å². The molecule has 0 saturated heterocycles. The molecule has 0 aliphatic carbocycles. The van der Waals surface area contributed by atoms with Gasteiger partial charge in [0.05, 0.1) is 25.2 Å². The molecule has 7 heteroatoms. The van der Waals surface area contributed by atoms with Crippen LogP contribution < -0.4 is 14.8 Å². The number of hydrogen-bond acceptors (Lipinski definition) is 5. The number of methoxy groups -OCH3 is 1. The molecule has 2 aliphatic heterocycles. The van der Waals surface area contributed by atoms with Crippen molar-refractivity contribution in [2.24, 2.45) is 0 Å². The molecule has 176 valence electrons. The number of carbonyl (C=O) groups excluding carboxylic acids is 2. The van der Waals surface area contributed by atoms with Crippen molar-refractivity contribution in [1.29, 1.82) is 0 Å². The molecule has 0 spiro atoms. The molecule has 2 aliphatic rings. The summed E-state index contributed by atoms with van der Waals surface area (Å²) in [4.78, 5) is 28.8. The van der Waals surface area contributed by atoms with Gasteiger partial charge in [-0.2, -0.15) is 0 Å². The van der Waals surface area contributed by atoms with E-state index in [0.29, 0.717) is 56.4 Å². The van der Waals surface area contributed by atoms with Gasteiger partial charge < -0.3 is 24.4 Å². The van der Waals surface area contributed by atoms with Gasteiger partial charge in [-0.15, -0.1) is 0 Å². The Morgan fingerprint density at radius 3 is 2.55 bits per heavy atom. The summed E-state index contributed by atoms with van der Waals surface area (Å²) < 4.78 is 16.8. The minimum Gasteiger partial charge on any atom is -0.490 e. The molecule has 33 heavy (non-hydrogen) atoms. The third-order valence-corrected chi connectivity index (χ3v) is 6.29. The molecule has 2 amide bonds. The number of nitrogens with one attached hydrogen (secondary N) is 1. The minimum atomic E-state index is -0.507. The first-order chi connectivity index (χ1) is 16.1. The summed E-state index contributed by atoms with van der Waals surface area (Å²) in [7, 11) is 1.65. The van der Waals surface area contributed by atoms with Crippen LogP contribution in [0.15, 0.2) is 36.4 Å². The smallest absolute Gasteiger partial charge is 0.254 e. The number of carbonyl (C=O) groups is 2. The highest BCUT2D eigenvalue weighted by molar-refractivity contribution is 6.01. The molecular formula is C26H32N2O5. The fraction of sp³-hybridized carbons (Fsp3) is 0.462. The molecule has 0 unspecified atom stereocenters. The van der Waals surface area contributed by atoms with Crippen molar-refractivity contribution in [3.63, 3.8) is 0 Å². The lowest BCUT2D eigenvalue weighted by atomic mass is 9.75. The number of ether oxygens (including phenoxy) is 3. The highest BCUT2D eigenvalue weighted by Crippen LogP contribution is 2.48. The van der Waals surface area contributed by atoms with E-state index >= 15 is 0 Å². The molecule has 4 rings (SSSR count). The fourth-order valence-corrected chi connectivity index (χ4v) is 4.89. The summed E-state index contributed by atoms with van der Waals surface area (Å²) >= 11 is 0. The van der Waals surface area contributed by atoms with Crippen LogP contribution in [-0.2, 0) is 16.0 Å². The monoisotopic (exact) mass is 452 g/mol. The number of nitrogens with zero attached hydrogens (tertiary/aromatic N) is 1. The van der Waals surface area contributed by atoms with Crippen LogP contribution in [0.3, 0.4) is 0 Å². The van der Waals surface area contributed by atoms with Crippen molar-refractivity contribution in [3.05, 3.63) is 58.7 Å². The Labute approximate surface area is 195 Å². The molecule has 1 N–H and O–H groups in total. The van der Waals surface area contributed by atoms with E-state index in [9.17, 15) is 9.59 Å². The van der Waals surface area contributed by atoms with Gasteiger partial charge in [0.15, 0.2) is 11.5 Å². The largest absolute Gasteiger partial charge is 0.490 e. The molecule has 0 aromatic heterocycles. The van der Waals surface area contributed by atoms with Gasteiger partial charge in [-0.25, -0.2) is 0 Å². The molecule has 0 saturated carbocycles. The van der Waals surface area contributed by atoms with Gasteiger partial charge in [0, 0.05) is 32.4 Å². The molecule has 0 radical (unpaired) electrons. The Morgan fingerprint density at radius 2 is 1.82 bits per heavy atom. The van der Waals surface area contributed by atoms with Crippen molar-refractivity contribution >= 4 is 11.8 Å². The molecule has 2 aromatic rings. The van der Waals surface area contributed by atoms with E-state index in [0.717, 1.165) is 23.1 Å². The van der Waals surface area contributed by atoms with Crippen LogP contribution in [0.25, 0.3) is 0 Å². The van der Waals surface area contributed by atoms with E-state index in [2.05, 4.69) is 5.32 Å². The number of fused-ring (bicyclic) bond motifs is 4. The van der Waals surface area contributed by atoms with Gasteiger partial charge >= 0.3 is 0 Å². The number of amides is 2. The highest BCUT2D eigenvalue weighted by atomic mass is 16.5.